The minimum Gasteiger partial charge on any atom is -0.355 e. The molecule has 0 unspecified atom stereocenters. The summed E-state index contributed by atoms with van der Waals surface area (Å²) in [4.78, 5) is 29.0. The van der Waals surface area contributed by atoms with Crippen LogP contribution in [0.15, 0.2) is 29.8 Å². The molecule has 2 aliphatic rings. The van der Waals surface area contributed by atoms with E-state index in [4.69, 9.17) is 0 Å². The fourth-order valence-electron chi connectivity index (χ4n) is 4.61. The topological polar surface area (TPSA) is 64.6 Å². The average Bonchev–Trinajstić information content (AvgIpc) is 3.20. The highest BCUT2D eigenvalue weighted by Crippen LogP contribution is 2.21. The van der Waals surface area contributed by atoms with Gasteiger partial charge in [0.15, 0.2) is 0 Å². The first-order valence-electron chi connectivity index (χ1n) is 11.5. The van der Waals surface area contributed by atoms with E-state index in [0.717, 1.165) is 43.4 Å². The van der Waals surface area contributed by atoms with E-state index in [0.29, 0.717) is 24.3 Å². The summed E-state index contributed by atoms with van der Waals surface area (Å²) in [6.07, 6.45) is 5.42. The van der Waals surface area contributed by atoms with Crippen molar-refractivity contribution in [2.45, 2.75) is 51.7 Å². The van der Waals surface area contributed by atoms with E-state index in [-0.39, 0.29) is 5.91 Å². The summed E-state index contributed by atoms with van der Waals surface area (Å²) in [6, 6.07) is 7.09. The second-order valence-electron chi connectivity index (χ2n) is 8.73. The number of likely N-dealkylation sites (tertiary alicyclic amines) is 1. The summed E-state index contributed by atoms with van der Waals surface area (Å²) in [7, 11) is 0. The quantitative estimate of drug-likeness (QED) is 0.742. The van der Waals surface area contributed by atoms with Gasteiger partial charge in [-0.2, -0.15) is 0 Å². The zero-order chi connectivity index (χ0) is 21.6. The van der Waals surface area contributed by atoms with Crippen LogP contribution in [0.4, 0.5) is 5.82 Å². The highest BCUT2D eigenvalue weighted by Gasteiger charge is 2.27. The monoisotopic (exact) mass is 442 g/mol. The Balaban J connectivity index is 1.32. The van der Waals surface area contributed by atoms with Crippen molar-refractivity contribution in [1.82, 2.24) is 25.1 Å². The van der Waals surface area contributed by atoms with E-state index in [2.05, 4.69) is 43.8 Å². The smallest absolute Gasteiger partial charge is 0.270 e. The van der Waals surface area contributed by atoms with Gasteiger partial charge in [-0.3, -0.25) is 9.69 Å². The number of nitrogens with zero attached hydrogens (tertiary/aromatic N) is 5. The first-order chi connectivity index (χ1) is 15.1. The molecule has 0 bridgehead atoms. The largest absolute Gasteiger partial charge is 0.355 e. The predicted molar refractivity (Wildman–Crippen MR) is 126 cm³/mol. The third kappa shape index (κ3) is 5.81. The van der Waals surface area contributed by atoms with Gasteiger partial charge in [0.1, 0.15) is 16.5 Å². The van der Waals surface area contributed by atoms with Gasteiger partial charge in [0, 0.05) is 49.8 Å². The molecule has 7 nitrogen and oxygen atoms in total. The molecule has 0 aromatic carbocycles. The second kappa shape index (κ2) is 10.5. The molecule has 2 aromatic heterocycles. The van der Waals surface area contributed by atoms with E-state index in [1.807, 2.05) is 17.5 Å². The summed E-state index contributed by atoms with van der Waals surface area (Å²) in [5.74, 6) is 0.754. The van der Waals surface area contributed by atoms with Crippen LogP contribution in [0.2, 0.25) is 0 Å². The van der Waals surface area contributed by atoms with Crippen LogP contribution in [-0.4, -0.2) is 77.0 Å². The summed E-state index contributed by atoms with van der Waals surface area (Å²) >= 11 is 1.54. The van der Waals surface area contributed by atoms with Crippen molar-refractivity contribution in [3.05, 3.63) is 40.5 Å². The molecular formula is C23H34N6OS. The Hall–Kier alpha value is -2.03. The van der Waals surface area contributed by atoms with Crippen LogP contribution < -0.4 is 10.2 Å². The van der Waals surface area contributed by atoms with E-state index in [1.54, 1.807) is 12.3 Å². The molecule has 2 fully saturated rings. The molecule has 168 valence electrons. The number of nitrogens with one attached hydrogen (secondary N) is 1. The van der Waals surface area contributed by atoms with Crippen molar-refractivity contribution < 1.29 is 4.79 Å². The maximum atomic E-state index is 12.5. The van der Waals surface area contributed by atoms with Gasteiger partial charge in [-0.05, 0) is 58.3 Å². The van der Waals surface area contributed by atoms with Gasteiger partial charge < -0.3 is 15.1 Å². The number of rotatable bonds is 6. The van der Waals surface area contributed by atoms with Crippen LogP contribution in [0.3, 0.4) is 0 Å². The van der Waals surface area contributed by atoms with E-state index >= 15 is 0 Å². The Bertz CT molecular complexity index is 834. The first-order valence-corrected chi connectivity index (χ1v) is 12.3. The van der Waals surface area contributed by atoms with E-state index in [1.165, 1.54) is 37.3 Å². The Morgan fingerprint density at radius 3 is 2.74 bits per heavy atom. The number of carbonyl (C=O) groups is 1. The molecule has 2 aromatic rings. The second-order valence-corrected chi connectivity index (χ2v) is 9.71. The lowest BCUT2D eigenvalue weighted by molar-refractivity contribution is 0.0946. The molecule has 4 rings (SSSR count). The van der Waals surface area contributed by atoms with Gasteiger partial charge in [-0.15, -0.1) is 11.3 Å². The molecule has 31 heavy (non-hydrogen) atoms. The van der Waals surface area contributed by atoms with Crippen molar-refractivity contribution in [2.75, 3.05) is 44.2 Å². The summed E-state index contributed by atoms with van der Waals surface area (Å²) < 4.78 is 0. The van der Waals surface area contributed by atoms with Gasteiger partial charge in [0.05, 0.1) is 6.54 Å². The lowest BCUT2D eigenvalue weighted by Crippen LogP contribution is -2.47. The number of amides is 1. The molecule has 4 heterocycles. The average molecular weight is 443 g/mol. The zero-order valence-corrected chi connectivity index (χ0v) is 19.5. The Labute approximate surface area is 189 Å². The van der Waals surface area contributed by atoms with E-state index in [9.17, 15) is 4.79 Å². The number of pyridine rings is 1. The molecule has 1 amide bonds. The SMILES string of the molecule is CC(C)N1CCC(N2CCCN(c3cccc(C(=O)NCc4nccs4)n3)CC2)CC1. The molecule has 0 saturated carbocycles. The molecule has 0 atom stereocenters. The van der Waals surface area contributed by atoms with Crippen molar-refractivity contribution in [3.8, 4) is 0 Å². The maximum absolute atomic E-state index is 12.5. The molecule has 2 saturated heterocycles. The minimum atomic E-state index is -0.148. The van der Waals surface area contributed by atoms with Crippen LogP contribution in [0.5, 0.6) is 0 Å². The third-order valence-corrected chi connectivity index (χ3v) is 7.23. The van der Waals surface area contributed by atoms with Crippen LogP contribution in [0.1, 0.15) is 48.6 Å². The van der Waals surface area contributed by atoms with Crippen LogP contribution in [0, 0.1) is 0 Å². The van der Waals surface area contributed by atoms with Gasteiger partial charge >= 0.3 is 0 Å². The Morgan fingerprint density at radius 1 is 1.16 bits per heavy atom. The zero-order valence-electron chi connectivity index (χ0n) is 18.7. The number of anilines is 1. The molecular weight excluding hydrogens is 408 g/mol. The van der Waals surface area contributed by atoms with E-state index < -0.39 is 0 Å². The Morgan fingerprint density at radius 2 is 2.00 bits per heavy atom. The van der Waals surface area contributed by atoms with Crippen molar-refractivity contribution in [3.63, 3.8) is 0 Å². The lowest BCUT2D eigenvalue weighted by atomic mass is 10.0. The number of hydrogen-bond donors (Lipinski definition) is 1. The molecule has 0 spiro atoms. The summed E-state index contributed by atoms with van der Waals surface area (Å²) in [5, 5.41) is 5.73. The van der Waals surface area contributed by atoms with Gasteiger partial charge in [0.2, 0.25) is 0 Å². The normalized spacial score (nSPS) is 19.5. The van der Waals surface area contributed by atoms with Crippen LogP contribution in [-0.2, 0) is 6.54 Å². The number of piperidine rings is 1. The fraction of sp³-hybridized carbons (Fsp3) is 0.609. The third-order valence-electron chi connectivity index (χ3n) is 6.45. The van der Waals surface area contributed by atoms with Crippen LogP contribution in [0.25, 0.3) is 0 Å². The highest BCUT2D eigenvalue weighted by molar-refractivity contribution is 7.09. The molecule has 8 heteroatoms. The number of thiazole rings is 1. The fourth-order valence-corrected chi connectivity index (χ4v) is 5.17. The number of hydrogen-bond acceptors (Lipinski definition) is 7. The van der Waals surface area contributed by atoms with Crippen molar-refractivity contribution in [2.24, 2.45) is 0 Å². The summed E-state index contributed by atoms with van der Waals surface area (Å²) in [6.45, 7) is 11.6. The molecule has 0 aliphatic carbocycles. The number of carbonyl (C=O) groups excluding carboxylic acids is 1. The Kier molecular flexibility index (Phi) is 7.53. The van der Waals surface area contributed by atoms with Gasteiger partial charge in [0.25, 0.3) is 5.91 Å². The van der Waals surface area contributed by atoms with Gasteiger partial charge in [-0.25, -0.2) is 9.97 Å². The molecule has 2 aliphatic heterocycles. The minimum absolute atomic E-state index is 0.148. The predicted octanol–water partition coefficient (Wildman–Crippen LogP) is 2.85. The first kappa shape index (κ1) is 22.2. The van der Waals surface area contributed by atoms with Crippen molar-refractivity contribution >= 4 is 23.1 Å². The van der Waals surface area contributed by atoms with Gasteiger partial charge in [-0.1, -0.05) is 6.07 Å². The molecule has 1 N–H and O–H groups in total. The van der Waals surface area contributed by atoms with Crippen molar-refractivity contribution in [1.29, 1.82) is 0 Å². The molecule has 0 radical (unpaired) electrons. The summed E-state index contributed by atoms with van der Waals surface area (Å²) in [5.41, 5.74) is 0.469. The highest BCUT2D eigenvalue weighted by atomic mass is 32.1. The van der Waals surface area contributed by atoms with Crippen LogP contribution >= 0.6 is 11.3 Å². The maximum Gasteiger partial charge on any atom is 0.270 e. The number of aromatic nitrogens is 2. The lowest BCUT2D eigenvalue weighted by Gasteiger charge is -2.39. The standard InChI is InChI=1S/C23H34N6OS/c1-18(2)27-12-7-19(8-13-27)28-10-4-11-29(15-14-28)21-6-3-5-20(26-21)23(30)25-17-22-24-9-16-31-22/h3,5-6,9,16,18-19H,4,7-8,10-15,17H2,1-2H3,(H,25,30).